The van der Waals surface area contributed by atoms with Crippen molar-refractivity contribution in [2.75, 3.05) is 7.11 Å². The van der Waals surface area contributed by atoms with Crippen LogP contribution >= 0.6 is 34.5 Å². The number of hydrogen-bond acceptors (Lipinski definition) is 3. The number of carbonyl (C=O) groups is 1. The maximum absolute atomic E-state index is 12.7. The second-order valence-electron chi connectivity index (χ2n) is 7.80. The smallest absolute Gasteiger partial charge is 0.223 e. The van der Waals surface area contributed by atoms with E-state index >= 15 is 0 Å². The number of methoxy groups -OCH3 is 1. The van der Waals surface area contributed by atoms with E-state index in [0.29, 0.717) is 16.6 Å². The van der Waals surface area contributed by atoms with Crippen LogP contribution in [-0.4, -0.2) is 13.0 Å². The molecule has 0 aliphatic carbocycles. The zero-order valence-electron chi connectivity index (χ0n) is 18.7. The Bertz CT molecular complexity index is 1040. The lowest BCUT2D eigenvalue weighted by Gasteiger charge is -2.14. The van der Waals surface area contributed by atoms with Crippen LogP contribution in [0.15, 0.2) is 48.5 Å². The molecule has 0 bridgehead atoms. The fourth-order valence-corrected chi connectivity index (χ4v) is 5.44. The van der Waals surface area contributed by atoms with Crippen molar-refractivity contribution in [3.63, 3.8) is 0 Å². The molecule has 3 rings (SSSR count). The molecule has 1 aromatic heterocycles. The lowest BCUT2D eigenvalue weighted by atomic mass is 9.97. The monoisotopic (exact) mass is 489 g/mol. The zero-order chi connectivity index (χ0) is 23.1. The van der Waals surface area contributed by atoms with E-state index in [0.717, 1.165) is 57.9 Å². The van der Waals surface area contributed by atoms with E-state index in [4.69, 9.17) is 27.9 Å². The molecule has 0 aliphatic rings. The standard InChI is InChI=1S/C26H29Cl2NO2S/c1-4-6-18(7-5-2)26(30)29-16-21-15-23(22-13-10-19(27)14-24(22)28)25(32-21)17-8-11-20(31-3)12-9-17/h8-15,18H,4-7,16H2,1-3H3,(H,29,30). The van der Waals surface area contributed by atoms with Crippen molar-refractivity contribution in [2.45, 2.75) is 46.1 Å². The molecule has 3 nitrogen and oxygen atoms in total. The number of hydrogen-bond donors (Lipinski definition) is 1. The summed E-state index contributed by atoms with van der Waals surface area (Å²) in [4.78, 5) is 14.9. The largest absolute Gasteiger partial charge is 0.497 e. The molecule has 3 aromatic rings. The van der Waals surface area contributed by atoms with Crippen LogP contribution in [0.1, 0.15) is 44.4 Å². The average molecular weight is 490 g/mol. The molecule has 0 atom stereocenters. The van der Waals surface area contributed by atoms with Crippen LogP contribution in [0.3, 0.4) is 0 Å². The van der Waals surface area contributed by atoms with E-state index in [9.17, 15) is 4.79 Å². The van der Waals surface area contributed by atoms with E-state index in [1.54, 1.807) is 24.5 Å². The molecule has 1 heterocycles. The van der Waals surface area contributed by atoms with Gasteiger partial charge in [0, 0.05) is 36.8 Å². The normalized spacial score (nSPS) is 11.1. The van der Waals surface area contributed by atoms with E-state index in [-0.39, 0.29) is 11.8 Å². The Morgan fingerprint density at radius 3 is 2.28 bits per heavy atom. The summed E-state index contributed by atoms with van der Waals surface area (Å²) in [6.07, 6.45) is 3.87. The molecular formula is C26H29Cl2NO2S. The van der Waals surface area contributed by atoms with Crippen molar-refractivity contribution in [2.24, 2.45) is 5.92 Å². The number of thiophene rings is 1. The maximum Gasteiger partial charge on any atom is 0.223 e. The molecule has 0 saturated heterocycles. The Morgan fingerprint density at radius 1 is 1.00 bits per heavy atom. The summed E-state index contributed by atoms with van der Waals surface area (Å²) in [5.74, 6) is 1.03. The third-order valence-corrected chi connectivity index (χ3v) is 7.17. The highest BCUT2D eigenvalue weighted by atomic mass is 35.5. The Labute approximate surface area is 204 Å². The third kappa shape index (κ3) is 6.06. The minimum atomic E-state index is 0.0798. The van der Waals surface area contributed by atoms with Crippen LogP contribution in [0.4, 0.5) is 0 Å². The number of amides is 1. The van der Waals surface area contributed by atoms with Crippen molar-refractivity contribution in [1.29, 1.82) is 0 Å². The first kappa shape index (κ1) is 24.6. The topological polar surface area (TPSA) is 38.3 Å². The van der Waals surface area contributed by atoms with Crippen molar-refractivity contribution < 1.29 is 9.53 Å². The fraction of sp³-hybridized carbons (Fsp3) is 0.346. The van der Waals surface area contributed by atoms with Gasteiger partial charge in [-0.25, -0.2) is 0 Å². The van der Waals surface area contributed by atoms with Crippen LogP contribution in [-0.2, 0) is 11.3 Å². The molecule has 6 heteroatoms. The number of carbonyl (C=O) groups excluding carboxylic acids is 1. The molecule has 0 spiro atoms. The molecular weight excluding hydrogens is 461 g/mol. The summed E-state index contributed by atoms with van der Waals surface area (Å²) in [6, 6.07) is 15.6. The highest BCUT2D eigenvalue weighted by molar-refractivity contribution is 7.16. The van der Waals surface area contributed by atoms with Gasteiger partial charge in [-0.15, -0.1) is 11.3 Å². The summed E-state index contributed by atoms with van der Waals surface area (Å²) in [6.45, 7) is 4.75. The van der Waals surface area contributed by atoms with E-state index in [1.807, 2.05) is 36.4 Å². The van der Waals surface area contributed by atoms with Gasteiger partial charge in [0.2, 0.25) is 5.91 Å². The van der Waals surface area contributed by atoms with Crippen LogP contribution in [0, 0.1) is 5.92 Å². The molecule has 0 unspecified atom stereocenters. The minimum absolute atomic E-state index is 0.0798. The number of benzene rings is 2. The number of halogens is 2. The zero-order valence-corrected chi connectivity index (χ0v) is 21.0. The van der Waals surface area contributed by atoms with E-state index < -0.39 is 0 Å². The molecule has 32 heavy (non-hydrogen) atoms. The summed E-state index contributed by atoms with van der Waals surface area (Å²) in [7, 11) is 1.66. The molecule has 0 aliphatic heterocycles. The van der Waals surface area contributed by atoms with Crippen LogP contribution < -0.4 is 10.1 Å². The Hall–Kier alpha value is -2.01. The molecule has 0 fully saturated rings. The third-order valence-electron chi connectivity index (χ3n) is 5.44. The highest BCUT2D eigenvalue weighted by Gasteiger charge is 2.19. The van der Waals surface area contributed by atoms with Crippen molar-refractivity contribution >= 4 is 40.4 Å². The number of nitrogens with one attached hydrogen (secondary N) is 1. The maximum atomic E-state index is 12.7. The predicted octanol–water partition coefficient (Wildman–Crippen LogP) is 8.23. The Kier molecular flexibility index (Phi) is 9.03. The minimum Gasteiger partial charge on any atom is -0.497 e. The van der Waals surface area contributed by atoms with Gasteiger partial charge in [-0.2, -0.15) is 0 Å². The van der Waals surface area contributed by atoms with E-state index in [1.165, 1.54) is 0 Å². The van der Waals surface area contributed by atoms with Gasteiger partial charge in [-0.05, 0) is 60.9 Å². The average Bonchev–Trinajstić information content (AvgIpc) is 3.21. The van der Waals surface area contributed by atoms with Gasteiger partial charge in [-0.3, -0.25) is 4.79 Å². The van der Waals surface area contributed by atoms with Crippen molar-refractivity contribution in [1.82, 2.24) is 5.32 Å². The van der Waals surface area contributed by atoms with Crippen molar-refractivity contribution in [3.8, 4) is 27.3 Å². The molecule has 0 radical (unpaired) electrons. The molecule has 2 aromatic carbocycles. The summed E-state index contributed by atoms with van der Waals surface area (Å²) in [5, 5.41) is 4.36. The SMILES string of the molecule is CCCC(CCC)C(=O)NCc1cc(-c2ccc(Cl)cc2Cl)c(-c2ccc(OC)cc2)s1. The van der Waals surface area contributed by atoms with Crippen LogP contribution in [0.5, 0.6) is 5.75 Å². The second-order valence-corrected chi connectivity index (χ2v) is 9.78. The first-order chi connectivity index (χ1) is 15.5. The summed E-state index contributed by atoms with van der Waals surface area (Å²) in [5.41, 5.74) is 3.03. The first-order valence-corrected chi connectivity index (χ1v) is 12.5. The molecule has 1 amide bonds. The van der Waals surface area contributed by atoms with Gasteiger partial charge in [-0.1, -0.05) is 56.0 Å². The van der Waals surface area contributed by atoms with Gasteiger partial charge in [0.25, 0.3) is 0 Å². The lowest BCUT2D eigenvalue weighted by molar-refractivity contribution is -0.125. The van der Waals surface area contributed by atoms with Gasteiger partial charge >= 0.3 is 0 Å². The van der Waals surface area contributed by atoms with Gasteiger partial charge < -0.3 is 10.1 Å². The van der Waals surface area contributed by atoms with Gasteiger partial charge in [0.1, 0.15) is 5.75 Å². The van der Waals surface area contributed by atoms with Crippen LogP contribution in [0.2, 0.25) is 10.0 Å². The number of ether oxygens (including phenoxy) is 1. The summed E-state index contributed by atoms with van der Waals surface area (Å²) < 4.78 is 5.30. The van der Waals surface area contributed by atoms with Gasteiger partial charge in [0.15, 0.2) is 0 Å². The van der Waals surface area contributed by atoms with E-state index in [2.05, 4.69) is 25.2 Å². The Balaban J connectivity index is 1.92. The molecule has 1 N–H and O–H groups in total. The van der Waals surface area contributed by atoms with Gasteiger partial charge in [0.05, 0.1) is 13.7 Å². The number of rotatable bonds is 10. The first-order valence-electron chi connectivity index (χ1n) is 11.0. The molecule has 0 saturated carbocycles. The van der Waals surface area contributed by atoms with Crippen LogP contribution in [0.25, 0.3) is 21.6 Å². The second kappa shape index (κ2) is 11.7. The highest BCUT2D eigenvalue weighted by Crippen LogP contribution is 2.42. The quantitative estimate of drug-likeness (QED) is 0.311. The lowest BCUT2D eigenvalue weighted by Crippen LogP contribution is -2.30. The molecule has 170 valence electrons. The Morgan fingerprint density at radius 2 is 1.69 bits per heavy atom. The fourth-order valence-electron chi connectivity index (χ4n) is 3.82. The predicted molar refractivity (Wildman–Crippen MR) is 137 cm³/mol. The summed E-state index contributed by atoms with van der Waals surface area (Å²) >= 11 is 14.3. The van der Waals surface area contributed by atoms with Crippen molar-refractivity contribution in [3.05, 3.63) is 63.5 Å².